The molecule has 0 saturated carbocycles. The molecule has 0 N–H and O–H groups in total. The molecule has 1 aromatic carbocycles. The van der Waals surface area contributed by atoms with E-state index in [0.717, 1.165) is 18.6 Å². The molecule has 0 spiro atoms. The van der Waals surface area contributed by atoms with Gasteiger partial charge in [0.15, 0.2) is 11.6 Å². The van der Waals surface area contributed by atoms with E-state index < -0.39 is 22.9 Å². The molecule has 15 heavy (non-hydrogen) atoms. The van der Waals surface area contributed by atoms with Crippen molar-refractivity contribution in [3.8, 4) is 0 Å². The third-order valence-electron chi connectivity index (χ3n) is 2.93. The predicted octanol–water partition coefficient (Wildman–Crippen LogP) is 3.71. The molecule has 0 fully saturated rings. The van der Waals surface area contributed by atoms with Crippen molar-refractivity contribution in [2.24, 2.45) is 0 Å². The number of hydrogen-bond donors (Lipinski definition) is 0. The first-order chi connectivity index (χ1) is 7.04. The van der Waals surface area contributed by atoms with Crippen LogP contribution in [0.5, 0.6) is 0 Å². The van der Waals surface area contributed by atoms with Crippen molar-refractivity contribution in [1.29, 1.82) is 0 Å². The van der Waals surface area contributed by atoms with E-state index in [1.807, 2.05) is 6.08 Å². The van der Waals surface area contributed by atoms with Gasteiger partial charge in [0.2, 0.25) is 0 Å². The predicted molar refractivity (Wildman–Crippen MR) is 52.0 cm³/mol. The van der Waals surface area contributed by atoms with Gasteiger partial charge in [-0.3, -0.25) is 0 Å². The molecule has 0 nitrogen and oxygen atoms in total. The van der Waals surface area contributed by atoms with Crippen molar-refractivity contribution in [3.63, 3.8) is 0 Å². The smallest absolute Gasteiger partial charge is 0.165 e. The van der Waals surface area contributed by atoms with Crippen LogP contribution in [0.1, 0.15) is 25.3 Å². The van der Waals surface area contributed by atoms with Gasteiger partial charge < -0.3 is 0 Å². The van der Waals surface area contributed by atoms with E-state index in [2.05, 4.69) is 0 Å². The summed E-state index contributed by atoms with van der Waals surface area (Å²) in [6, 6.07) is 1.79. The SMILES string of the molecule is C[C@]1(c2c(F)ccc(F)c2F)C=CCC1. The average molecular weight is 212 g/mol. The number of allylic oxidation sites excluding steroid dienone is 2. The summed E-state index contributed by atoms with van der Waals surface area (Å²) in [6.07, 6.45) is 4.99. The Morgan fingerprint density at radius 3 is 2.40 bits per heavy atom. The van der Waals surface area contributed by atoms with Gasteiger partial charge in [-0.25, -0.2) is 13.2 Å². The molecule has 0 bridgehead atoms. The molecule has 0 unspecified atom stereocenters. The summed E-state index contributed by atoms with van der Waals surface area (Å²) in [5.74, 6) is -2.74. The van der Waals surface area contributed by atoms with Crippen LogP contribution in [0.2, 0.25) is 0 Å². The summed E-state index contributed by atoms with van der Waals surface area (Å²) in [6.45, 7) is 1.72. The third kappa shape index (κ3) is 1.56. The normalized spacial score (nSPS) is 24.8. The molecule has 3 heteroatoms. The second-order valence-electron chi connectivity index (χ2n) is 4.08. The zero-order valence-electron chi connectivity index (χ0n) is 8.36. The Morgan fingerprint density at radius 1 is 1.13 bits per heavy atom. The van der Waals surface area contributed by atoms with Crippen molar-refractivity contribution in [3.05, 3.63) is 47.3 Å². The Kier molecular flexibility index (Phi) is 2.33. The highest BCUT2D eigenvalue weighted by Gasteiger charge is 2.33. The molecule has 0 amide bonds. The lowest BCUT2D eigenvalue weighted by atomic mass is 9.81. The second-order valence-corrected chi connectivity index (χ2v) is 4.08. The van der Waals surface area contributed by atoms with Crippen LogP contribution in [0.4, 0.5) is 13.2 Å². The van der Waals surface area contributed by atoms with Gasteiger partial charge in [0.1, 0.15) is 5.82 Å². The maximum atomic E-state index is 13.5. The minimum Gasteiger partial charge on any atom is -0.207 e. The number of halogens is 3. The van der Waals surface area contributed by atoms with Gasteiger partial charge >= 0.3 is 0 Å². The van der Waals surface area contributed by atoms with E-state index in [9.17, 15) is 13.2 Å². The number of benzene rings is 1. The van der Waals surface area contributed by atoms with E-state index in [1.54, 1.807) is 13.0 Å². The summed E-state index contributed by atoms with van der Waals surface area (Å²) < 4.78 is 40.0. The highest BCUT2D eigenvalue weighted by Crippen LogP contribution is 2.38. The van der Waals surface area contributed by atoms with Gasteiger partial charge in [0.05, 0.1) is 0 Å². The lowest BCUT2D eigenvalue weighted by molar-refractivity contribution is 0.437. The molecular weight excluding hydrogens is 201 g/mol. The Bertz CT molecular complexity index is 423. The molecule has 0 aromatic heterocycles. The quantitative estimate of drug-likeness (QED) is 0.491. The van der Waals surface area contributed by atoms with E-state index >= 15 is 0 Å². The summed E-state index contributed by atoms with van der Waals surface area (Å²) in [7, 11) is 0. The van der Waals surface area contributed by atoms with Gasteiger partial charge in [-0.05, 0) is 25.0 Å². The van der Waals surface area contributed by atoms with Gasteiger partial charge in [-0.1, -0.05) is 19.1 Å². The summed E-state index contributed by atoms with van der Waals surface area (Å²) in [5.41, 5.74) is -0.868. The van der Waals surface area contributed by atoms with Gasteiger partial charge in [-0.15, -0.1) is 0 Å². The standard InChI is InChI=1S/C12H11F3/c1-12(6-2-3-7-12)10-8(13)4-5-9(14)11(10)15/h2,4-6H,3,7H2,1H3/t12-/m0/s1. The lowest BCUT2D eigenvalue weighted by Crippen LogP contribution is -2.20. The number of hydrogen-bond acceptors (Lipinski definition) is 0. The first-order valence-corrected chi connectivity index (χ1v) is 4.86. The maximum absolute atomic E-state index is 13.5. The molecule has 0 radical (unpaired) electrons. The average Bonchev–Trinajstić information content (AvgIpc) is 2.60. The highest BCUT2D eigenvalue weighted by atomic mass is 19.2. The maximum Gasteiger partial charge on any atom is 0.165 e. The molecule has 1 aromatic rings. The van der Waals surface area contributed by atoms with Crippen molar-refractivity contribution in [2.45, 2.75) is 25.2 Å². The van der Waals surface area contributed by atoms with E-state index in [4.69, 9.17) is 0 Å². The van der Waals surface area contributed by atoms with Crippen molar-refractivity contribution >= 4 is 0 Å². The summed E-state index contributed by atoms with van der Waals surface area (Å²) in [4.78, 5) is 0. The first-order valence-electron chi connectivity index (χ1n) is 4.86. The van der Waals surface area contributed by atoms with Gasteiger partial charge in [0.25, 0.3) is 0 Å². The van der Waals surface area contributed by atoms with Crippen LogP contribution in [-0.4, -0.2) is 0 Å². The topological polar surface area (TPSA) is 0 Å². The fraction of sp³-hybridized carbons (Fsp3) is 0.333. The fourth-order valence-electron chi connectivity index (χ4n) is 2.07. The Hall–Kier alpha value is -1.25. The molecular formula is C12H11F3. The Labute approximate surface area is 86.4 Å². The lowest BCUT2D eigenvalue weighted by Gasteiger charge is -2.23. The first kappa shape index (κ1) is 10.3. The minimum atomic E-state index is -1.07. The molecule has 1 aliphatic rings. The van der Waals surface area contributed by atoms with Gasteiger partial charge in [0, 0.05) is 11.0 Å². The monoisotopic (exact) mass is 212 g/mol. The Morgan fingerprint density at radius 2 is 1.80 bits per heavy atom. The zero-order chi connectivity index (χ0) is 11.1. The summed E-state index contributed by atoms with van der Waals surface area (Å²) in [5, 5.41) is 0. The molecule has 0 heterocycles. The number of rotatable bonds is 1. The van der Waals surface area contributed by atoms with Crippen molar-refractivity contribution < 1.29 is 13.2 Å². The molecule has 2 rings (SSSR count). The summed E-state index contributed by atoms with van der Waals surface area (Å²) >= 11 is 0. The van der Waals surface area contributed by atoms with E-state index in [0.29, 0.717) is 6.42 Å². The molecule has 1 atom stereocenters. The van der Waals surface area contributed by atoms with Gasteiger partial charge in [-0.2, -0.15) is 0 Å². The van der Waals surface area contributed by atoms with E-state index in [1.165, 1.54) is 0 Å². The van der Waals surface area contributed by atoms with Crippen LogP contribution in [0, 0.1) is 17.5 Å². The second kappa shape index (κ2) is 3.40. The van der Waals surface area contributed by atoms with Crippen LogP contribution in [0.3, 0.4) is 0 Å². The highest BCUT2D eigenvalue weighted by molar-refractivity contribution is 5.35. The van der Waals surface area contributed by atoms with Crippen LogP contribution >= 0.6 is 0 Å². The zero-order valence-corrected chi connectivity index (χ0v) is 8.36. The van der Waals surface area contributed by atoms with Crippen molar-refractivity contribution in [2.75, 3.05) is 0 Å². The molecule has 0 saturated heterocycles. The fourth-order valence-corrected chi connectivity index (χ4v) is 2.07. The van der Waals surface area contributed by atoms with Crippen LogP contribution in [0.25, 0.3) is 0 Å². The minimum absolute atomic E-state index is 0.156. The molecule has 80 valence electrons. The van der Waals surface area contributed by atoms with Crippen LogP contribution in [-0.2, 0) is 5.41 Å². The van der Waals surface area contributed by atoms with E-state index in [-0.39, 0.29) is 5.56 Å². The van der Waals surface area contributed by atoms with Crippen molar-refractivity contribution in [1.82, 2.24) is 0 Å². The third-order valence-corrected chi connectivity index (χ3v) is 2.93. The Balaban J connectivity index is 2.61. The van der Waals surface area contributed by atoms with Crippen LogP contribution < -0.4 is 0 Å². The molecule has 0 aliphatic heterocycles. The van der Waals surface area contributed by atoms with Crippen LogP contribution in [0.15, 0.2) is 24.3 Å². The largest absolute Gasteiger partial charge is 0.207 e. The molecule has 1 aliphatic carbocycles.